The number of amides is 1. The van der Waals surface area contributed by atoms with Gasteiger partial charge in [-0.1, -0.05) is 30.3 Å². The summed E-state index contributed by atoms with van der Waals surface area (Å²) in [7, 11) is 0. The first-order valence-electron chi connectivity index (χ1n) is 10.1. The first kappa shape index (κ1) is 23.7. The van der Waals surface area contributed by atoms with Crippen LogP contribution in [0.4, 0.5) is 4.79 Å². The van der Waals surface area contributed by atoms with Crippen molar-refractivity contribution in [2.45, 2.75) is 52.4 Å². The standard InChI is InChI=1S/C22H31NO7/c1-5-29-20(26)17-15(11-12-28-13-14-9-7-6-8-10-14)16(17)18(19(24)25)23-21(27)30-22(2,3)4/h6-10,15-18H,5,11-13H2,1-4H3,(H,23,27)(H,24,25). The number of carbonyl (C=O) groups excluding carboxylic acids is 2. The molecular weight excluding hydrogens is 390 g/mol. The zero-order valence-electron chi connectivity index (χ0n) is 17.9. The minimum atomic E-state index is -1.24. The van der Waals surface area contributed by atoms with Gasteiger partial charge in [-0.05, 0) is 45.6 Å². The number of hydrogen-bond donors (Lipinski definition) is 2. The van der Waals surface area contributed by atoms with Gasteiger partial charge in [-0.2, -0.15) is 0 Å². The summed E-state index contributed by atoms with van der Waals surface area (Å²) in [6, 6.07) is 8.43. The predicted octanol–water partition coefficient (Wildman–Crippen LogP) is 3.00. The molecule has 1 aromatic carbocycles. The van der Waals surface area contributed by atoms with Gasteiger partial charge in [0.05, 0.1) is 19.1 Å². The number of hydrogen-bond acceptors (Lipinski definition) is 6. The van der Waals surface area contributed by atoms with Crippen LogP contribution in [0.5, 0.6) is 0 Å². The topological polar surface area (TPSA) is 111 Å². The van der Waals surface area contributed by atoms with Gasteiger partial charge in [0.1, 0.15) is 11.6 Å². The number of esters is 1. The molecule has 1 aliphatic rings. The number of alkyl carbamates (subject to hydrolysis) is 1. The molecule has 2 N–H and O–H groups in total. The van der Waals surface area contributed by atoms with E-state index in [1.807, 2.05) is 30.3 Å². The first-order chi connectivity index (χ1) is 14.1. The largest absolute Gasteiger partial charge is 0.480 e. The van der Waals surface area contributed by atoms with Crippen molar-refractivity contribution in [3.8, 4) is 0 Å². The number of benzene rings is 1. The minimum absolute atomic E-state index is 0.205. The van der Waals surface area contributed by atoms with Crippen LogP contribution in [0.2, 0.25) is 0 Å². The molecule has 2 rings (SSSR count). The van der Waals surface area contributed by atoms with Crippen molar-refractivity contribution in [1.29, 1.82) is 0 Å². The lowest BCUT2D eigenvalue weighted by atomic mass is 10.1. The Bertz CT molecular complexity index is 729. The van der Waals surface area contributed by atoms with E-state index in [9.17, 15) is 19.5 Å². The summed E-state index contributed by atoms with van der Waals surface area (Å²) in [5, 5.41) is 12.0. The highest BCUT2D eigenvalue weighted by molar-refractivity contribution is 5.84. The molecule has 0 aliphatic heterocycles. The maximum Gasteiger partial charge on any atom is 0.408 e. The predicted molar refractivity (Wildman–Crippen MR) is 109 cm³/mol. The van der Waals surface area contributed by atoms with Crippen LogP contribution < -0.4 is 5.32 Å². The molecule has 1 amide bonds. The lowest BCUT2D eigenvalue weighted by Gasteiger charge is -2.22. The highest BCUT2D eigenvalue weighted by Crippen LogP contribution is 2.51. The monoisotopic (exact) mass is 421 g/mol. The summed E-state index contributed by atoms with van der Waals surface area (Å²) in [6.45, 7) is 7.76. The molecule has 1 aromatic rings. The molecule has 1 saturated carbocycles. The van der Waals surface area contributed by atoms with Crippen molar-refractivity contribution in [3.05, 3.63) is 35.9 Å². The Morgan fingerprint density at radius 1 is 1.17 bits per heavy atom. The van der Waals surface area contributed by atoms with Crippen LogP contribution in [0.25, 0.3) is 0 Å². The molecule has 0 aromatic heterocycles. The van der Waals surface area contributed by atoms with Crippen LogP contribution in [0.1, 0.15) is 39.7 Å². The Balaban J connectivity index is 1.98. The van der Waals surface area contributed by atoms with Gasteiger partial charge in [0.15, 0.2) is 0 Å². The molecule has 0 bridgehead atoms. The number of carbonyl (C=O) groups is 3. The maximum atomic E-state index is 12.3. The van der Waals surface area contributed by atoms with Gasteiger partial charge in [-0.15, -0.1) is 0 Å². The Labute approximate surface area is 176 Å². The molecule has 0 saturated heterocycles. The van der Waals surface area contributed by atoms with Crippen molar-refractivity contribution in [2.24, 2.45) is 17.8 Å². The van der Waals surface area contributed by atoms with E-state index < -0.39 is 41.5 Å². The molecule has 1 fully saturated rings. The third kappa shape index (κ3) is 7.02. The quantitative estimate of drug-likeness (QED) is 0.441. The van der Waals surface area contributed by atoms with E-state index in [1.54, 1.807) is 27.7 Å². The van der Waals surface area contributed by atoms with Gasteiger partial charge in [-0.3, -0.25) is 4.79 Å². The molecule has 4 unspecified atom stereocenters. The van der Waals surface area contributed by atoms with Crippen molar-refractivity contribution >= 4 is 18.0 Å². The fourth-order valence-electron chi connectivity index (χ4n) is 3.54. The second-order valence-electron chi connectivity index (χ2n) is 8.31. The summed E-state index contributed by atoms with van der Waals surface area (Å²) in [6.07, 6.45) is -0.343. The highest BCUT2D eigenvalue weighted by Gasteiger charge is 2.61. The number of nitrogens with one attached hydrogen (secondary N) is 1. The maximum absolute atomic E-state index is 12.3. The average Bonchev–Trinajstić information content (AvgIpc) is 3.36. The van der Waals surface area contributed by atoms with Gasteiger partial charge in [-0.25, -0.2) is 9.59 Å². The Kier molecular flexibility index (Phi) is 8.23. The third-order valence-electron chi connectivity index (χ3n) is 4.82. The first-order valence-corrected chi connectivity index (χ1v) is 10.1. The van der Waals surface area contributed by atoms with Gasteiger partial charge >= 0.3 is 18.0 Å². The Hall–Kier alpha value is -2.61. The number of aliphatic carboxylic acids is 1. The molecule has 0 radical (unpaired) electrons. The summed E-state index contributed by atoms with van der Waals surface area (Å²) < 4.78 is 16.0. The molecule has 8 nitrogen and oxygen atoms in total. The summed E-state index contributed by atoms with van der Waals surface area (Å²) in [4.78, 5) is 36.2. The van der Waals surface area contributed by atoms with Gasteiger partial charge in [0.25, 0.3) is 0 Å². The molecule has 8 heteroatoms. The smallest absolute Gasteiger partial charge is 0.408 e. The summed E-state index contributed by atoms with van der Waals surface area (Å²) in [5.41, 5.74) is 0.267. The summed E-state index contributed by atoms with van der Waals surface area (Å²) in [5.74, 6) is -3.09. The van der Waals surface area contributed by atoms with Crippen LogP contribution in [0.15, 0.2) is 30.3 Å². The number of carboxylic acids is 1. The van der Waals surface area contributed by atoms with Crippen LogP contribution in [-0.4, -0.2) is 48.0 Å². The van der Waals surface area contributed by atoms with Crippen molar-refractivity contribution in [2.75, 3.05) is 13.2 Å². The SMILES string of the molecule is CCOC(=O)C1C(CCOCc2ccccc2)C1C(NC(=O)OC(C)(C)C)C(=O)O. The highest BCUT2D eigenvalue weighted by atomic mass is 16.6. The van der Waals surface area contributed by atoms with Gasteiger partial charge in [0.2, 0.25) is 0 Å². The zero-order valence-corrected chi connectivity index (χ0v) is 17.9. The second-order valence-corrected chi connectivity index (χ2v) is 8.31. The van der Waals surface area contributed by atoms with Crippen molar-refractivity contribution in [1.82, 2.24) is 5.32 Å². The van der Waals surface area contributed by atoms with Crippen LogP contribution in [0.3, 0.4) is 0 Å². The molecule has 0 spiro atoms. The van der Waals surface area contributed by atoms with E-state index in [1.165, 1.54) is 0 Å². The van der Waals surface area contributed by atoms with Gasteiger partial charge < -0.3 is 24.6 Å². The number of carboxylic acid groups (broad SMARTS) is 1. The van der Waals surface area contributed by atoms with Crippen LogP contribution >= 0.6 is 0 Å². The lowest BCUT2D eigenvalue weighted by Crippen LogP contribution is -2.45. The fraction of sp³-hybridized carbons (Fsp3) is 0.591. The fourth-order valence-corrected chi connectivity index (χ4v) is 3.54. The zero-order chi connectivity index (χ0) is 22.3. The molecule has 4 atom stereocenters. The summed E-state index contributed by atoms with van der Waals surface area (Å²) >= 11 is 0. The second kappa shape index (κ2) is 10.4. The number of rotatable bonds is 10. The molecule has 0 heterocycles. The normalized spacial score (nSPS) is 21.4. The van der Waals surface area contributed by atoms with E-state index in [4.69, 9.17) is 14.2 Å². The van der Waals surface area contributed by atoms with Crippen molar-refractivity contribution in [3.63, 3.8) is 0 Å². The van der Waals surface area contributed by atoms with Crippen molar-refractivity contribution < 1.29 is 33.7 Å². The Morgan fingerprint density at radius 2 is 1.83 bits per heavy atom. The average molecular weight is 421 g/mol. The lowest BCUT2D eigenvalue weighted by molar-refractivity contribution is -0.145. The Morgan fingerprint density at radius 3 is 2.40 bits per heavy atom. The van der Waals surface area contributed by atoms with E-state index in [0.29, 0.717) is 19.6 Å². The van der Waals surface area contributed by atoms with E-state index >= 15 is 0 Å². The molecular formula is C22H31NO7. The molecule has 1 aliphatic carbocycles. The van der Waals surface area contributed by atoms with Crippen LogP contribution in [-0.2, 0) is 30.4 Å². The molecule has 166 valence electrons. The van der Waals surface area contributed by atoms with E-state index in [0.717, 1.165) is 5.56 Å². The van der Waals surface area contributed by atoms with E-state index in [-0.39, 0.29) is 12.5 Å². The minimum Gasteiger partial charge on any atom is -0.480 e. The van der Waals surface area contributed by atoms with E-state index in [2.05, 4.69) is 5.32 Å². The number of ether oxygens (including phenoxy) is 3. The van der Waals surface area contributed by atoms with Gasteiger partial charge in [0, 0.05) is 12.5 Å². The molecule has 30 heavy (non-hydrogen) atoms. The third-order valence-corrected chi connectivity index (χ3v) is 4.82. The van der Waals surface area contributed by atoms with Crippen LogP contribution in [0, 0.1) is 17.8 Å².